The van der Waals surface area contributed by atoms with Gasteiger partial charge in [0.25, 0.3) is 0 Å². The molecule has 0 saturated carbocycles. The van der Waals surface area contributed by atoms with Crippen LogP contribution in [0.2, 0.25) is 0 Å². The Kier molecular flexibility index (Phi) is 6.26. The number of hydrogen-bond acceptors (Lipinski definition) is 4. The Morgan fingerprint density at radius 1 is 1.10 bits per heavy atom. The molecule has 0 unspecified atom stereocenters. The predicted octanol–water partition coefficient (Wildman–Crippen LogP) is 2.96. The number of rotatable bonds is 7. The first-order valence-electron chi connectivity index (χ1n) is 9.60. The van der Waals surface area contributed by atoms with E-state index in [0.29, 0.717) is 12.2 Å². The van der Waals surface area contributed by atoms with Crippen LogP contribution in [-0.2, 0) is 21.4 Å². The van der Waals surface area contributed by atoms with Crippen LogP contribution in [0.25, 0.3) is 5.69 Å². The molecule has 8 heteroatoms. The van der Waals surface area contributed by atoms with Gasteiger partial charge < -0.3 is 9.88 Å². The van der Waals surface area contributed by atoms with Gasteiger partial charge in [-0.25, -0.2) is 13.4 Å². The van der Waals surface area contributed by atoms with E-state index in [4.69, 9.17) is 0 Å². The zero-order chi connectivity index (χ0) is 21.9. The van der Waals surface area contributed by atoms with Crippen LogP contribution in [-0.4, -0.2) is 36.2 Å². The largest absolute Gasteiger partial charge is 0.350 e. The number of aryl methyl sites for hydroxylation is 2. The summed E-state index contributed by atoms with van der Waals surface area (Å²) in [7, 11) is -3.63. The molecule has 1 N–H and O–H groups in total. The Bertz CT molecular complexity index is 1120. The van der Waals surface area contributed by atoms with Gasteiger partial charge in [-0.3, -0.25) is 9.10 Å². The molecule has 0 aliphatic heterocycles. The van der Waals surface area contributed by atoms with Gasteiger partial charge in [0.15, 0.2) is 0 Å². The molecule has 2 aromatic carbocycles. The fourth-order valence-electron chi connectivity index (χ4n) is 3.26. The molecule has 0 aliphatic carbocycles. The second-order valence-electron chi connectivity index (χ2n) is 7.30. The summed E-state index contributed by atoms with van der Waals surface area (Å²) in [4.78, 5) is 16.9. The molecule has 1 heterocycles. The summed E-state index contributed by atoms with van der Waals surface area (Å²) >= 11 is 0. The van der Waals surface area contributed by atoms with Crippen LogP contribution in [0, 0.1) is 13.8 Å². The molecule has 3 aromatic rings. The summed E-state index contributed by atoms with van der Waals surface area (Å²) in [5.74, 6) is 0.525. The average Bonchev–Trinajstić information content (AvgIpc) is 3.13. The van der Waals surface area contributed by atoms with Gasteiger partial charge in [-0.2, -0.15) is 0 Å². The normalized spacial score (nSPS) is 12.4. The third-order valence-electron chi connectivity index (χ3n) is 4.88. The fraction of sp³-hybridized carbons (Fsp3) is 0.273. The van der Waals surface area contributed by atoms with Crippen LogP contribution in [0.1, 0.15) is 23.9 Å². The second kappa shape index (κ2) is 8.71. The van der Waals surface area contributed by atoms with E-state index < -0.39 is 16.1 Å². The quantitative estimate of drug-likeness (QED) is 0.630. The molecule has 0 bridgehead atoms. The molecule has 0 fully saturated rings. The Balaban J connectivity index is 1.69. The first-order chi connectivity index (χ1) is 14.2. The molecule has 1 atom stereocenters. The van der Waals surface area contributed by atoms with Crippen molar-refractivity contribution < 1.29 is 13.2 Å². The second-order valence-corrected chi connectivity index (χ2v) is 9.16. The Morgan fingerprint density at radius 2 is 1.73 bits per heavy atom. The minimum Gasteiger partial charge on any atom is -0.350 e. The highest BCUT2D eigenvalue weighted by atomic mass is 32.2. The number of carbonyl (C=O) groups is 1. The number of nitrogens with one attached hydrogen (secondary N) is 1. The zero-order valence-electron chi connectivity index (χ0n) is 17.5. The smallest absolute Gasteiger partial charge is 0.243 e. The molecule has 0 radical (unpaired) electrons. The van der Waals surface area contributed by atoms with Gasteiger partial charge in [-0.15, -0.1) is 0 Å². The lowest BCUT2D eigenvalue weighted by molar-refractivity contribution is -0.122. The van der Waals surface area contributed by atoms with Gasteiger partial charge >= 0.3 is 0 Å². The summed E-state index contributed by atoms with van der Waals surface area (Å²) in [5.41, 5.74) is 3.37. The van der Waals surface area contributed by atoms with Crippen molar-refractivity contribution in [2.75, 3.05) is 10.6 Å². The lowest BCUT2D eigenvalue weighted by atomic mass is 10.2. The van der Waals surface area contributed by atoms with Crippen molar-refractivity contribution in [2.24, 2.45) is 0 Å². The van der Waals surface area contributed by atoms with E-state index in [1.807, 2.05) is 61.0 Å². The van der Waals surface area contributed by atoms with Crippen molar-refractivity contribution in [3.63, 3.8) is 0 Å². The summed E-state index contributed by atoms with van der Waals surface area (Å²) in [6.45, 7) is 5.74. The van der Waals surface area contributed by atoms with Crippen LogP contribution in [0.15, 0.2) is 60.9 Å². The molecular weight excluding hydrogens is 400 g/mol. The van der Waals surface area contributed by atoms with Gasteiger partial charge in [-0.1, -0.05) is 29.8 Å². The first kappa shape index (κ1) is 21.6. The van der Waals surface area contributed by atoms with Crippen molar-refractivity contribution in [2.45, 2.75) is 33.4 Å². The van der Waals surface area contributed by atoms with E-state index in [9.17, 15) is 13.2 Å². The SMILES string of the molecule is Cc1ccc(N([C@@H](C)C(=O)NCc2ccc(-n3ccnc3C)cc2)S(C)(=O)=O)cc1. The molecule has 1 amide bonds. The number of amides is 1. The highest BCUT2D eigenvalue weighted by Crippen LogP contribution is 2.21. The molecule has 0 spiro atoms. The summed E-state index contributed by atoms with van der Waals surface area (Å²) in [5, 5.41) is 2.83. The topological polar surface area (TPSA) is 84.3 Å². The number of imidazole rings is 1. The Morgan fingerprint density at radius 3 is 2.27 bits per heavy atom. The third-order valence-corrected chi connectivity index (χ3v) is 6.13. The Hall–Kier alpha value is -3.13. The number of carbonyl (C=O) groups excluding carboxylic acids is 1. The van der Waals surface area contributed by atoms with Gasteiger partial charge in [0.05, 0.1) is 11.9 Å². The Labute approximate surface area is 177 Å². The van der Waals surface area contributed by atoms with E-state index in [0.717, 1.165) is 33.2 Å². The van der Waals surface area contributed by atoms with Crippen molar-refractivity contribution in [1.82, 2.24) is 14.9 Å². The molecule has 1 aromatic heterocycles. The van der Waals surface area contributed by atoms with Gasteiger partial charge in [0.2, 0.25) is 15.9 Å². The lowest BCUT2D eigenvalue weighted by Gasteiger charge is -2.28. The van der Waals surface area contributed by atoms with E-state index in [2.05, 4.69) is 10.3 Å². The fourth-order valence-corrected chi connectivity index (χ4v) is 4.44. The van der Waals surface area contributed by atoms with Crippen molar-refractivity contribution in [1.29, 1.82) is 0 Å². The summed E-state index contributed by atoms with van der Waals surface area (Å²) < 4.78 is 27.8. The van der Waals surface area contributed by atoms with Crippen LogP contribution in [0.5, 0.6) is 0 Å². The zero-order valence-corrected chi connectivity index (χ0v) is 18.3. The summed E-state index contributed by atoms with van der Waals surface area (Å²) in [6, 6.07) is 13.9. The van der Waals surface area contributed by atoms with Crippen LogP contribution >= 0.6 is 0 Å². The minimum absolute atomic E-state index is 0.303. The van der Waals surface area contributed by atoms with Crippen molar-refractivity contribution in [3.05, 3.63) is 77.9 Å². The van der Waals surface area contributed by atoms with Crippen LogP contribution in [0.3, 0.4) is 0 Å². The van der Waals surface area contributed by atoms with Crippen LogP contribution in [0.4, 0.5) is 5.69 Å². The molecular formula is C22H26N4O3S. The molecule has 3 rings (SSSR count). The average molecular weight is 427 g/mol. The van der Waals surface area contributed by atoms with Gasteiger partial charge in [0, 0.05) is 24.6 Å². The molecule has 0 aliphatic rings. The van der Waals surface area contributed by atoms with Crippen molar-refractivity contribution in [3.8, 4) is 5.69 Å². The number of anilines is 1. The highest BCUT2D eigenvalue weighted by molar-refractivity contribution is 7.92. The number of aromatic nitrogens is 2. The maximum absolute atomic E-state index is 12.7. The number of nitrogens with zero attached hydrogens (tertiary/aromatic N) is 3. The molecule has 0 saturated heterocycles. The maximum atomic E-state index is 12.7. The molecule has 30 heavy (non-hydrogen) atoms. The summed E-state index contributed by atoms with van der Waals surface area (Å²) in [6.07, 6.45) is 4.73. The monoisotopic (exact) mass is 426 g/mol. The van der Waals surface area contributed by atoms with E-state index in [-0.39, 0.29) is 5.91 Å². The first-order valence-corrected chi connectivity index (χ1v) is 11.4. The van der Waals surface area contributed by atoms with E-state index in [1.165, 1.54) is 0 Å². The highest BCUT2D eigenvalue weighted by Gasteiger charge is 2.28. The minimum atomic E-state index is -3.63. The standard InChI is InChI=1S/C22H26N4O3S/c1-16-5-9-21(10-6-16)26(30(4,28)29)17(2)22(27)24-15-19-7-11-20(12-8-19)25-14-13-23-18(25)3/h5-14,17H,15H2,1-4H3,(H,24,27)/t17-/m0/s1. The number of sulfonamides is 1. The molecule has 7 nitrogen and oxygen atoms in total. The van der Waals surface area contributed by atoms with Crippen LogP contribution < -0.4 is 9.62 Å². The maximum Gasteiger partial charge on any atom is 0.243 e. The number of benzene rings is 2. The van der Waals surface area contributed by atoms with Gasteiger partial charge in [-0.05, 0) is 50.6 Å². The van der Waals surface area contributed by atoms with E-state index in [1.54, 1.807) is 25.3 Å². The third kappa shape index (κ3) is 4.88. The van der Waals surface area contributed by atoms with Gasteiger partial charge in [0.1, 0.15) is 11.9 Å². The van der Waals surface area contributed by atoms with E-state index >= 15 is 0 Å². The number of hydrogen-bond donors (Lipinski definition) is 1. The van der Waals surface area contributed by atoms with Crippen molar-refractivity contribution >= 4 is 21.6 Å². The lowest BCUT2D eigenvalue weighted by Crippen LogP contribution is -2.47. The predicted molar refractivity (Wildman–Crippen MR) is 118 cm³/mol. The molecule has 158 valence electrons.